The second-order valence-corrected chi connectivity index (χ2v) is 3.85. The smallest absolute Gasteiger partial charge is 0.258 e. The van der Waals surface area contributed by atoms with Crippen LogP contribution in [-0.2, 0) is 4.79 Å². The molecule has 2 nitrogen and oxygen atoms in total. The van der Waals surface area contributed by atoms with E-state index in [9.17, 15) is 13.6 Å². The van der Waals surface area contributed by atoms with Gasteiger partial charge in [0.2, 0.25) is 5.91 Å². The van der Waals surface area contributed by atoms with Crippen LogP contribution < -0.4 is 5.32 Å². The summed E-state index contributed by atoms with van der Waals surface area (Å²) in [4.78, 5) is 10.7. The lowest BCUT2D eigenvalue weighted by Crippen LogP contribution is -2.25. The number of amides is 1. The van der Waals surface area contributed by atoms with Crippen molar-refractivity contribution in [2.75, 3.05) is 6.54 Å². The summed E-state index contributed by atoms with van der Waals surface area (Å²) in [7, 11) is 0. The predicted molar refractivity (Wildman–Crippen MR) is 45.4 cm³/mol. The Hall–Kier alpha value is -0.930. The van der Waals surface area contributed by atoms with Crippen molar-refractivity contribution < 1.29 is 13.6 Å². The van der Waals surface area contributed by atoms with E-state index in [4.69, 9.17) is 0 Å². The van der Waals surface area contributed by atoms with Crippen LogP contribution in [0, 0.1) is 11.3 Å². The Labute approximate surface area is 76.0 Å². The Morgan fingerprint density at radius 3 is 2.38 bits per heavy atom. The number of hydrogen-bond donors (Lipinski definition) is 1. The molecule has 1 fully saturated rings. The van der Waals surface area contributed by atoms with E-state index in [1.54, 1.807) is 0 Å². The maximum absolute atomic E-state index is 13.0. The maximum atomic E-state index is 13.0. The molecule has 1 unspecified atom stereocenters. The minimum atomic E-state index is -2.65. The third kappa shape index (κ3) is 1.45. The van der Waals surface area contributed by atoms with Crippen LogP contribution in [0.2, 0.25) is 0 Å². The lowest BCUT2D eigenvalue weighted by atomic mass is 10.1. The van der Waals surface area contributed by atoms with E-state index in [-0.39, 0.29) is 6.54 Å². The van der Waals surface area contributed by atoms with Crippen LogP contribution in [-0.4, -0.2) is 18.4 Å². The van der Waals surface area contributed by atoms with Gasteiger partial charge in [-0.1, -0.05) is 20.4 Å². The molecule has 74 valence electrons. The fraction of sp³-hybridized carbons (Fsp3) is 0.667. The Morgan fingerprint density at radius 2 is 2.08 bits per heavy atom. The van der Waals surface area contributed by atoms with Crippen molar-refractivity contribution in [3.05, 3.63) is 12.7 Å². The van der Waals surface area contributed by atoms with Crippen LogP contribution in [0.25, 0.3) is 0 Å². The molecule has 13 heavy (non-hydrogen) atoms. The minimum Gasteiger partial charge on any atom is -0.352 e. The number of carbonyl (C=O) groups excluding carboxylic acids is 1. The normalized spacial score (nSPS) is 27.8. The van der Waals surface area contributed by atoms with Gasteiger partial charge in [0, 0.05) is 12.0 Å². The standard InChI is InChI=1S/C9H13F2NO/c1-4-7(13)12-5-6-8(2,3)9(6,10)11/h4,6H,1,5H2,2-3H3,(H,12,13). The summed E-state index contributed by atoms with van der Waals surface area (Å²) < 4.78 is 25.9. The van der Waals surface area contributed by atoms with Crippen LogP contribution in [0.1, 0.15) is 13.8 Å². The first kappa shape index (κ1) is 10.2. The molecule has 1 aliphatic rings. The monoisotopic (exact) mass is 189 g/mol. The maximum Gasteiger partial charge on any atom is 0.258 e. The third-order valence-corrected chi connectivity index (χ3v) is 2.75. The van der Waals surface area contributed by atoms with E-state index in [2.05, 4.69) is 11.9 Å². The fourth-order valence-electron chi connectivity index (χ4n) is 1.42. The zero-order valence-electron chi connectivity index (χ0n) is 7.73. The summed E-state index contributed by atoms with van der Waals surface area (Å²) >= 11 is 0. The molecule has 0 radical (unpaired) electrons. The lowest BCUT2D eigenvalue weighted by Gasteiger charge is -2.00. The first-order valence-electron chi connectivity index (χ1n) is 4.12. The number of halogens is 2. The first-order chi connectivity index (χ1) is 5.84. The number of rotatable bonds is 3. The highest BCUT2D eigenvalue weighted by molar-refractivity contribution is 5.86. The largest absolute Gasteiger partial charge is 0.352 e. The molecular weight excluding hydrogens is 176 g/mol. The SMILES string of the molecule is C=CC(=O)NCC1C(C)(C)C1(F)F. The summed E-state index contributed by atoms with van der Waals surface area (Å²) in [5.41, 5.74) is -0.985. The van der Waals surface area contributed by atoms with Crippen molar-refractivity contribution >= 4 is 5.91 Å². The molecule has 1 saturated carbocycles. The van der Waals surface area contributed by atoms with Crippen LogP contribution in [0.3, 0.4) is 0 Å². The molecule has 0 aliphatic heterocycles. The summed E-state index contributed by atoms with van der Waals surface area (Å²) in [6.45, 7) is 6.25. The molecule has 1 aliphatic carbocycles. The van der Waals surface area contributed by atoms with Gasteiger partial charge in [-0.05, 0) is 6.08 Å². The average Bonchev–Trinajstić information content (AvgIpc) is 2.40. The first-order valence-corrected chi connectivity index (χ1v) is 4.12. The van der Waals surface area contributed by atoms with E-state index in [0.29, 0.717) is 0 Å². The van der Waals surface area contributed by atoms with Gasteiger partial charge in [0.25, 0.3) is 5.92 Å². The van der Waals surface area contributed by atoms with Gasteiger partial charge in [0.15, 0.2) is 0 Å². The van der Waals surface area contributed by atoms with Gasteiger partial charge in [-0.3, -0.25) is 4.79 Å². The molecule has 1 N–H and O–H groups in total. The second-order valence-electron chi connectivity index (χ2n) is 3.85. The van der Waals surface area contributed by atoms with Crippen LogP contribution >= 0.6 is 0 Å². The van der Waals surface area contributed by atoms with Crippen molar-refractivity contribution in [1.29, 1.82) is 0 Å². The fourth-order valence-corrected chi connectivity index (χ4v) is 1.42. The molecule has 1 atom stereocenters. The Bertz CT molecular complexity index is 234. The van der Waals surface area contributed by atoms with Crippen molar-refractivity contribution in [3.63, 3.8) is 0 Å². The molecule has 0 spiro atoms. The van der Waals surface area contributed by atoms with Crippen molar-refractivity contribution in [3.8, 4) is 0 Å². The van der Waals surface area contributed by atoms with Crippen LogP contribution in [0.15, 0.2) is 12.7 Å². The highest BCUT2D eigenvalue weighted by Gasteiger charge is 2.74. The molecule has 0 heterocycles. The quantitative estimate of drug-likeness (QED) is 0.671. The van der Waals surface area contributed by atoms with Crippen LogP contribution in [0.4, 0.5) is 8.78 Å². The van der Waals surface area contributed by atoms with Crippen molar-refractivity contribution in [1.82, 2.24) is 5.32 Å². The van der Waals surface area contributed by atoms with E-state index >= 15 is 0 Å². The average molecular weight is 189 g/mol. The number of alkyl halides is 2. The Kier molecular flexibility index (Phi) is 2.18. The number of hydrogen-bond acceptors (Lipinski definition) is 1. The van der Waals surface area contributed by atoms with Gasteiger partial charge in [-0.2, -0.15) is 0 Å². The summed E-state index contributed by atoms with van der Waals surface area (Å²) in [6, 6.07) is 0. The van der Waals surface area contributed by atoms with Crippen molar-refractivity contribution in [2.24, 2.45) is 11.3 Å². The van der Waals surface area contributed by atoms with E-state index in [0.717, 1.165) is 6.08 Å². The van der Waals surface area contributed by atoms with Gasteiger partial charge in [-0.15, -0.1) is 0 Å². The highest BCUT2D eigenvalue weighted by Crippen LogP contribution is 2.64. The van der Waals surface area contributed by atoms with Gasteiger partial charge < -0.3 is 5.32 Å². The zero-order chi connectivity index (χ0) is 10.3. The molecule has 1 amide bonds. The van der Waals surface area contributed by atoms with Gasteiger partial charge in [-0.25, -0.2) is 8.78 Å². The van der Waals surface area contributed by atoms with E-state index < -0.39 is 23.2 Å². The van der Waals surface area contributed by atoms with Crippen molar-refractivity contribution in [2.45, 2.75) is 19.8 Å². The van der Waals surface area contributed by atoms with Crippen LogP contribution in [0.5, 0.6) is 0 Å². The molecule has 0 bridgehead atoms. The predicted octanol–water partition coefficient (Wildman–Crippen LogP) is 1.58. The Morgan fingerprint density at radius 1 is 1.62 bits per heavy atom. The molecule has 0 aromatic carbocycles. The topological polar surface area (TPSA) is 29.1 Å². The molecular formula is C9H13F2NO. The van der Waals surface area contributed by atoms with Gasteiger partial charge >= 0.3 is 0 Å². The molecule has 4 heteroatoms. The summed E-state index contributed by atoms with van der Waals surface area (Å²) in [6.07, 6.45) is 1.08. The molecule has 0 aromatic heterocycles. The summed E-state index contributed by atoms with van der Waals surface area (Å²) in [5, 5.41) is 2.37. The lowest BCUT2D eigenvalue weighted by molar-refractivity contribution is -0.116. The summed E-state index contributed by atoms with van der Waals surface area (Å²) in [5.74, 6) is -3.80. The third-order valence-electron chi connectivity index (χ3n) is 2.75. The minimum absolute atomic E-state index is 0.0187. The number of nitrogens with one attached hydrogen (secondary N) is 1. The highest BCUT2D eigenvalue weighted by atomic mass is 19.3. The molecule has 0 saturated heterocycles. The van der Waals surface area contributed by atoms with Gasteiger partial charge in [0.05, 0.1) is 5.92 Å². The van der Waals surface area contributed by atoms with E-state index in [1.165, 1.54) is 13.8 Å². The Balaban J connectivity index is 2.42. The van der Waals surface area contributed by atoms with Gasteiger partial charge in [0.1, 0.15) is 0 Å². The van der Waals surface area contributed by atoms with E-state index in [1.807, 2.05) is 0 Å². The zero-order valence-corrected chi connectivity index (χ0v) is 7.73. The second kappa shape index (κ2) is 2.79. The number of carbonyl (C=O) groups is 1. The molecule has 0 aromatic rings. The molecule has 1 rings (SSSR count).